The molecule has 0 radical (unpaired) electrons. The number of hydrogen-bond donors (Lipinski definition) is 1. The van der Waals surface area contributed by atoms with Gasteiger partial charge in [-0.25, -0.2) is 4.39 Å². The van der Waals surface area contributed by atoms with Gasteiger partial charge in [-0.3, -0.25) is 4.79 Å². The zero-order valence-corrected chi connectivity index (χ0v) is 11.1. The molecule has 3 rings (SSSR count). The third-order valence-electron chi connectivity index (χ3n) is 3.90. The van der Waals surface area contributed by atoms with Crippen LogP contribution in [0.3, 0.4) is 0 Å². The average molecular weight is 269 g/mol. The first-order valence-corrected chi connectivity index (χ1v) is 6.82. The first-order chi connectivity index (χ1) is 9.74. The second-order valence-electron chi connectivity index (χ2n) is 5.19. The Morgan fingerprint density at radius 3 is 2.35 bits per heavy atom. The van der Waals surface area contributed by atoms with E-state index in [1.54, 1.807) is 12.1 Å². The maximum Gasteiger partial charge on any atom is 0.227 e. The molecule has 1 fully saturated rings. The Morgan fingerprint density at radius 1 is 0.950 bits per heavy atom. The van der Waals surface area contributed by atoms with Crippen molar-refractivity contribution in [3.8, 4) is 0 Å². The Balaban J connectivity index is 1.83. The van der Waals surface area contributed by atoms with E-state index in [1.807, 2.05) is 18.2 Å². The van der Waals surface area contributed by atoms with Gasteiger partial charge in [-0.05, 0) is 29.7 Å². The van der Waals surface area contributed by atoms with E-state index >= 15 is 0 Å². The normalized spacial score (nSPS) is 22.4. The quantitative estimate of drug-likeness (QED) is 0.891. The summed E-state index contributed by atoms with van der Waals surface area (Å²) in [7, 11) is 0. The highest BCUT2D eigenvalue weighted by molar-refractivity contribution is 5.84. The first kappa shape index (κ1) is 12.9. The molecule has 1 N–H and O–H groups in total. The second-order valence-corrected chi connectivity index (χ2v) is 5.19. The molecule has 1 amide bonds. The molecule has 2 nitrogen and oxygen atoms in total. The van der Waals surface area contributed by atoms with Gasteiger partial charge in [-0.1, -0.05) is 42.5 Å². The van der Waals surface area contributed by atoms with Crippen LogP contribution in [0.25, 0.3) is 0 Å². The van der Waals surface area contributed by atoms with E-state index in [9.17, 15) is 9.18 Å². The summed E-state index contributed by atoms with van der Waals surface area (Å²) in [5.74, 6) is -0.133. The van der Waals surface area contributed by atoms with E-state index < -0.39 is 0 Å². The Kier molecular flexibility index (Phi) is 3.50. The average Bonchev–Trinajstić information content (AvgIpc) is 2.50. The minimum absolute atomic E-state index is 0.0313. The molecule has 2 atom stereocenters. The van der Waals surface area contributed by atoms with Crippen molar-refractivity contribution >= 4 is 5.91 Å². The summed E-state index contributed by atoms with van der Waals surface area (Å²) in [6.45, 7) is 0.667. The maximum atomic E-state index is 13.0. The van der Waals surface area contributed by atoms with E-state index in [1.165, 1.54) is 17.7 Å². The molecular formula is C17H16FNO. The highest BCUT2D eigenvalue weighted by Gasteiger charge is 2.30. The molecule has 1 aliphatic heterocycles. The number of piperidine rings is 1. The van der Waals surface area contributed by atoms with E-state index in [4.69, 9.17) is 0 Å². The number of halogens is 1. The van der Waals surface area contributed by atoms with Gasteiger partial charge in [-0.15, -0.1) is 0 Å². The zero-order valence-electron chi connectivity index (χ0n) is 11.1. The Morgan fingerprint density at radius 2 is 1.65 bits per heavy atom. The number of hydrogen-bond acceptors (Lipinski definition) is 1. The zero-order chi connectivity index (χ0) is 13.9. The third kappa shape index (κ3) is 2.57. The predicted molar refractivity (Wildman–Crippen MR) is 76.0 cm³/mol. The summed E-state index contributed by atoms with van der Waals surface area (Å²) in [6, 6.07) is 16.4. The van der Waals surface area contributed by atoms with Gasteiger partial charge in [0, 0.05) is 12.5 Å². The largest absolute Gasteiger partial charge is 0.355 e. The number of nitrogens with one attached hydrogen (secondary N) is 1. The van der Waals surface area contributed by atoms with Crippen molar-refractivity contribution in [3.63, 3.8) is 0 Å². The van der Waals surface area contributed by atoms with Gasteiger partial charge in [0.1, 0.15) is 5.82 Å². The molecule has 0 saturated carbocycles. The van der Waals surface area contributed by atoms with Gasteiger partial charge in [-0.2, -0.15) is 0 Å². The molecule has 0 bridgehead atoms. The number of amides is 1. The lowest BCUT2D eigenvalue weighted by Crippen LogP contribution is -2.39. The third-order valence-corrected chi connectivity index (χ3v) is 3.90. The Labute approximate surface area is 117 Å². The van der Waals surface area contributed by atoms with Crippen LogP contribution in [0.15, 0.2) is 54.6 Å². The number of rotatable bonds is 2. The smallest absolute Gasteiger partial charge is 0.227 e. The number of carbonyl (C=O) groups excluding carboxylic acids is 1. The predicted octanol–water partition coefficient (Wildman–Crippen LogP) is 3.21. The van der Waals surface area contributed by atoms with Crippen LogP contribution in [0.2, 0.25) is 0 Å². The van der Waals surface area contributed by atoms with Crippen LogP contribution >= 0.6 is 0 Å². The molecule has 0 unspecified atom stereocenters. The van der Waals surface area contributed by atoms with Gasteiger partial charge < -0.3 is 5.32 Å². The molecule has 0 spiro atoms. The van der Waals surface area contributed by atoms with E-state index in [0.29, 0.717) is 12.5 Å². The molecule has 1 aliphatic rings. The fourth-order valence-corrected chi connectivity index (χ4v) is 2.78. The van der Waals surface area contributed by atoms with Crippen molar-refractivity contribution in [3.05, 3.63) is 71.5 Å². The highest BCUT2D eigenvalue weighted by Crippen LogP contribution is 2.33. The maximum absolute atomic E-state index is 13.0. The van der Waals surface area contributed by atoms with Crippen LogP contribution in [-0.2, 0) is 4.79 Å². The van der Waals surface area contributed by atoms with Gasteiger partial charge >= 0.3 is 0 Å². The molecular weight excluding hydrogens is 253 g/mol. The molecule has 102 valence electrons. The van der Waals surface area contributed by atoms with Crippen LogP contribution in [0, 0.1) is 5.82 Å². The van der Waals surface area contributed by atoms with Crippen LogP contribution in [-0.4, -0.2) is 12.5 Å². The topological polar surface area (TPSA) is 29.1 Å². The summed E-state index contributed by atoms with van der Waals surface area (Å²) in [5, 5.41) is 2.96. The van der Waals surface area contributed by atoms with Crippen molar-refractivity contribution < 1.29 is 9.18 Å². The number of carbonyl (C=O) groups is 1. The summed E-state index contributed by atoms with van der Waals surface area (Å²) in [4.78, 5) is 12.1. The molecule has 2 aromatic rings. The standard InChI is InChI=1S/C17H16FNO/c18-15-8-6-13(7-9-15)16-10-14(11-19-17(16)20)12-4-2-1-3-5-12/h1-9,14,16H,10-11H2,(H,19,20)/t14-,16-/m1/s1. The van der Waals surface area contributed by atoms with Gasteiger partial charge in [0.25, 0.3) is 0 Å². The Hall–Kier alpha value is -2.16. The van der Waals surface area contributed by atoms with Crippen molar-refractivity contribution in [2.24, 2.45) is 0 Å². The molecule has 1 saturated heterocycles. The lowest BCUT2D eigenvalue weighted by Gasteiger charge is -2.29. The first-order valence-electron chi connectivity index (χ1n) is 6.82. The lowest BCUT2D eigenvalue weighted by atomic mass is 9.81. The summed E-state index contributed by atoms with van der Waals surface area (Å²) in [6.07, 6.45) is 0.765. The van der Waals surface area contributed by atoms with Crippen LogP contribution in [0.5, 0.6) is 0 Å². The van der Waals surface area contributed by atoms with Gasteiger partial charge in [0.2, 0.25) is 5.91 Å². The summed E-state index contributed by atoms with van der Waals surface area (Å²) >= 11 is 0. The molecule has 0 aromatic heterocycles. The second kappa shape index (κ2) is 5.45. The molecule has 1 heterocycles. The number of benzene rings is 2. The van der Waals surface area contributed by atoms with E-state index in [0.717, 1.165) is 12.0 Å². The minimum Gasteiger partial charge on any atom is -0.355 e. The SMILES string of the molecule is O=C1NC[C@H](c2ccccc2)C[C@@H]1c1ccc(F)cc1. The van der Waals surface area contributed by atoms with Crippen LogP contribution in [0.4, 0.5) is 4.39 Å². The van der Waals surface area contributed by atoms with Crippen molar-refractivity contribution in [2.45, 2.75) is 18.3 Å². The van der Waals surface area contributed by atoms with Crippen molar-refractivity contribution in [1.82, 2.24) is 5.32 Å². The van der Waals surface area contributed by atoms with Crippen LogP contribution in [0.1, 0.15) is 29.4 Å². The fraction of sp³-hybridized carbons (Fsp3) is 0.235. The molecule has 20 heavy (non-hydrogen) atoms. The van der Waals surface area contributed by atoms with Gasteiger partial charge in [0.15, 0.2) is 0 Å². The molecule has 2 aromatic carbocycles. The van der Waals surface area contributed by atoms with E-state index in [2.05, 4.69) is 17.4 Å². The monoisotopic (exact) mass is 269 g/mol. The summed E-state index contributed by atoms with van der Waals surface area (Å²) < 4.78 is 13.0. The van der Waals surface area contributed by atoms with Crippen molar-refractivity contribution in [1.29, 1.82) is 0 Å². The molecule has 0 aliphatic carbocycles. The van der Waals surface area contributed by atoms with Crippen LogP contribution < -0.4 is 5.32 Å². The fourth-order valence-electron chi connectivity index (χ4n) is 2.78. The highest BCUT2D eigenvalue weighted by atomic mass is 19.1. The summed E-state index contributed by atoms with van der Waals surface area (Å²) in [5.41, 5.74) is 2.11. The van der Waals surface area contributed by atoms with Crippen molar-refractivity contribution in [2.75, 3.05) is 6.54 Å². The minimum atomic E-state index is -0.274. The Bertz CT molecular complexity index is 594. The lowest BCUT2D eigenvalue weighted by molar-refractivity contribution is -0.124. The van der Waals surface area contributed by atoms with Gasteiger partial charge in [0.05, 0.1) is 5.92 Å². The molecule has 3 heteroatoms. The van der Waals surface area contributed by atoms with E-state index in [-0.39, 0.29) is 17.6 Å².